The molecule has 0 saturated heterocycles. The molecule has 0 bridgehead atoms. The predicted octanol–water partition coefficient (Wildman–Crippen LogP) is 5.80. The molecule has 1 heteroatoms. The predicted molar refractivity (Wildman–Crippen MR) is 80.3 cm³/mol. The average molecular weight is 251 g/mol. The molecular weight excluding hydrogens is 218 g/mol. The maximum Gasteiger partial charge on any atom is 0.0624 e. The Bertz CT molecular complexity index is 228. The van der Waals surface area contributed by atoms with E-state index in [1.54, 1.807) is 0 Å². The maximum absolute atomic E-state index is 8.92. The van der Waals surface area contributed by atoms with Crippen LogP contribution in [0.5, 0.6) is 0 Å². The third-order valence-electron chi connectivity index (χ3n) is 4.38. The van der Waals surface area contributed by atoms with Crippen molar-refractivity contribution < 1.29 is 0 Å². The van der Waals surface area contributed by atoms with Gasteiger partial charge in [0.1, 0.15) is 0 Å². The monoisotopic (exact) mass is 251 g/mol. The van der Waals surface area contributed by atoms with E-state index in [0.29, 0.717) is 5.92 Å². The molecule has 0 rings (SSSR count). The Morgan fingerprint density at radius 2 is 1.61 bits per heavy atom. The van der Waals surface area contributed by atoms with E-state index in [1.165, 1.54) is 38.5 Å². The molecule has 106 valence electrons. The largest absolute Gasteiger partial charge is 0.198 e. The molecule has 4 atom stereocenters. The van der Waals surface area contributed by atoms with Crippen molar-refractivity contribution in [3.63, 3.8) is 0 Å². The highest BCUT2D eigenvalue weighted by molar-refractivity contribution is 4.82. The van der Waals surface area contributed by atoms with Gasteiger partial charge in [0.15, 0.2) is 0 Å². The smallest absolute Gasteiger partial charge is 0.0624 e. The summed E-state index contributed by atoms with van der Waals surface area (Å²) in [6, 6.07) is 2.36. The summed E-state index contributed by atoms with van der Waals surface area (Å²) in [6.45, 7) is 11.5. The molecule has 0 aromatic carbocycles. The van der Waals surface area contributed by atoms with Crippen molar-refractivity contribution in [1.82, 2.24) is 0 Å². The van der Waals surface area contributed by atoms with Gasteiger partial charge >= 0.3 is 0 Å². The van der Waals surface area contributed by atoms with Gasteiger partial charge in [-0.25, -0.2) is 0 Å². The molecule has 0 heterocycles. The van der Waals surface area contributed by atoms with Gasteiger partial charge in [0.25, 0.3) is 0 Å². The van der Waals surface area contributed by atoms with Gasteiger partial charge in [-0.2, -0.15) is 5.26 Å². The molecule has 0 radical (unpaired) electrons. The van der Waals surface area contributed by atoms with Crippen LogP contribution in [0.3, 0.4) is 0 Å². The highest BCUT2D eigenvalue weighted by Crippen LogP contribution is 2.35. The minimum absolute atomic E-state index is 0.564. The lowest BCUT2D eigenvalue weighted by Crippen LogP contribution is -2.23. The molecule has 0 aliphatic rings. The van der Waals surface area contributed by atoms with E-state index in [0.717, 1.165) is 24.2 Å². The Kier molecular flexibility index (Phi) is 10.1. The van der Waals surface area contributed by atoms with Crippen LogP contribution in [0.25, 0.3) is 0 Å². The van der Waals surface area contributed by atoms with Gasteiger partial charge in [0, 0.05) is 6.42 Å². The third-order valence-corrected chi connectivity index (χ3v) is 4.38. The van der Waals surface area contributed by atoms with E-state index in [1.807, 2.05) is 0 Å². The molecule has 0 aromatic heterocycles. The lowest BCUT2D eigenvalue weighted by Gasteiger charge is -2.32. The first-order valence-corrected chi connectivity index (χ1v) is 7.97. The number of nitrogens with zero attached hydrogens (tertiary/aromatic N) is 1. The number of nitriles is 1. The summed E-state index contributed by atoms with van der Waals surface area (Å²) >= 11 is 0. The van der Waals surface area contributed by atoms with E-state index >= 15 is 0 Å². The van der Waals surface area contributed by atoms with Crippen LogP contribution in [0.4, 0.5) is 0 Å². The van der Waals surface area contributed by atoms with Crippen LogP contribution in [0.2, 0.25) is 0 Å². The van der Waals surface area contributed by atoms with Gasteiger partial charge in [-0.3, -0.25) is 0 Å². The van der Waals surface area contributed by atoms with E-state index < -0.39 is 0 Å². The van der Waals surface area contributed by atoms with Gasteiger partial charge in [-0.15, -0.1) is 0 Å². The molecule has 18 heavy (non-hydrogen) atoms. The first-order valence-electron chi connectivity index (χ1n) is 7.97. The molecule has 0 spiro atoms. The molecule has 0 aromatic rings. The summed E-state index contributed by atoms with van der Waals surface area (Å²) in [5.74, 6) is 2.97. The van der Waals surface area contributed by atoms with Crippen molar-refractivity contribution in [3.8, 4) is 6.07 Å². The number of hydrogen-bond donors (Lipinski definition) is 0. The maximum atomic E-state index is 8.92. The molecule has 0 fully saturated rings. The molecular formula is C17H33N. The van der Waals surface area contributed by atoms with Gasteiger partial charge in [-0.05, 0) is 30.1 Å². The Morgan fingerprint density at radius 1 is 1.00 bits per heavy atom. The Labute approximate surface area is 115 Å². The van der Waals surface area contributed by atoms with Gasteiger partial charge in [0.2, 0.25) is 0 Å². The molecule has 0 amide bonds. The zero-order valence-electron chi connectivity index (χ0n) is 13.2. The van der Waals surface area contributed by atoms with Gasteiger partial charge in [0.05, 0.1) is 6.07 Å². The molecule has 0 aliphatic heterocycles. The topological polar surface area (TPSA) is 23.8 Å². The molecule has 1 nitrogen and oxygen atoms in total. The van der Waals surface area contributed by atoms with E-state index in [9.17, 15) is 0 Å². The van der Waals surface area contributed by atoms with E-state index in [2.05, 4.69) is 40.7 Å². The van der Waals surface area contributed by atoms with Crippen LogP contribution < -0.4 is 0 Å². The standard InChI is InChI=1S/C17H33N/c1-6-9-14(4)13-16(8-3)17(10-7-2)15(5)11-12-18/h14-17H,6-11,13H2,1-5H3. The second-order valence-electron chi connectivity index (χ2n) is 6.09. The summed E-state index contributed by atoms with van der Waals surface area (Å²) in [6.07, 6.45) is 8.54. The third kappa shape index (κ3) is 6.43. The number of rotatable bonds is 10. The van der Waals surface area contributed by atoms with Crippen molar-refractivity contribution in [1.29, 1.82) is 5.26 Å². The molecule has 0 N–H and O–H groups in total. The highest BCUT2D eigenvalue weighted by Gasteiger charge is 2.25. The van der Waals surface area contributed by atoms with Gasteiger partial charge < -0.3 is 0 Å². The van der Waals surface area contributed by atoms with Crippen LogP contribution in [-0.4, -0.2) is 0 Å². The zero-order chi connectivity index (χ0) is 14.0. The van der Waals surface area contributed by atoms with Crippen LogP contribution in [0.1, 0.15) is 79.6 Å². The normalized spacial score (nSPS) is 17.8. The quantitative estimate of drug-likeness (QED) is 0.481. The minimum atomic E-state index is 0.564. The van der Waals surface area contributed by atoms with Crippen LogP contribution in [-0.2, 0) is 0 Å². The summed E-state index contributed by atoms with van der Waals surface area (Å²) in [4.78, 5) is 0. The number of hydrogen-bond acceptors (Lipinski definition) is 1. The summed E-state index contributed by atoms with van der Waals surface area (Å²) < 4.78 is 0. The van der Waals surface area contributed by atoms with Crippen LogP contribution in [0.15, 0.2) is 0 Å². The van der Waals surface area contributed by atoms with E-state index in [-0.39, 0.29) is 0 Å². The Balaban J connectivity index is 4.55. The lowest BCUT2D eigenvalue weighted by atomic mass is 9.73. The molecule has 4 unspecified atom stereocenters. The first kappa shape index (κ1) is 17.5. The van der Waals surface area contributed by atoms with E-state index in [4.69, 9.17) is 5.26 Å². The summed E-state index contributed by atoms with van der Waals surface area (Å²) in [5.41, 5.74) is 0. The molecule has 0 aliphatic carbocycles. The molecule has 0 saturated carbocycles. The van der Waals surface area contributed by atoms with Crippen molar-refractivity contribution in [2.45, 2.75) is 79.6 Å². The van der Waals surface area contributed by atoms with Gasteiger partial charge in [-0.1, -0.05) is 66.7 Å². The van der Waals surface area contributed by atoms with Crippen molar-refractivity contribution in [2.24, 2.45) is 23.7 Å². The fraction of sp³-hybridized carbons (Fsp3) is 0.941. The van der Waals surface area contributed by atoms with Crippen LogP contribution >= 0.6 is 0 Å². The second-order valence-corrected chi connectivity index (χ2v) is 6.09. The highest BCUT2D eigenvalue weighted by atomic mass is 14.3. The van der Waals surface area contributed by atoms with Crippen molar-refractivity contribution in [3.05, 3.63) is 0 Å². The fourth-order valence-corrected chi connectivity index (χ4v) is 3.39. The first-order chi connectivity index (χ1) is 8.60. The lowest BCUT2D eigenvalue weighted by molar-refractivity contribution is 0.184. The summed E-state index contributed by atoms with van der Waals surface area (Å²) in [7, 11) is 0. The van der Waals surface area contributed by atoms with Crippen molar-refractivity contribution in [2.75, 3.05) is 0 Å². The van der Waals surface area contributed by atoms with Crippen LogP contribution in [0, 0.1) is 35.0 Å². The fourth-order valence-electron chi connectivity index (χ4n) is 3.39. The Hall–Kier alpha value is -0.510. The second kappa shape index (κ2) is 10.4. The Morgan fingerprint density at radius 3 is 2.06 bits per heavy atom. The summed E-state index contributed by atoms with van der Waals surface area (Å²) in [5, 5.41) is 8.92. The van der Waals surface area contributed by atoms with Crippen molar-refractivity contribution >= 4 is 0 Å². The SMILES string of the molecule is CCCC(C)CC(CC)C(CCC)C(C)CC#N. The minimum Gasteiger partial charge on any atom is -0.198 e. The average Bonchev–Trinajstić information content (AvgIpc) is 2.34. The zero-order valence-corrected chi connectivity index (χ0v) is 13.2.